The summed E-state index contributed by atoms with van der Waals surface area (Å²) in [5.74, 6) is 0. The topological polar surface area (TPSA) is 56.3 Å². The minimum absolute atomic E-state index is 0.0493. The van der Waals surface area contributed by atoms with Gasteiger partial charge < -0.3 is 4.42 Å². The number of nitro benzene ring substituents is 1. The predicted molar refractivity (Wildman–Crippen MR) is 65.1 cm³/mol. The van der Waals surface area contributed by atoms with E-state index in [4.69, 9.17) is 4.42 Å². The van der Waals surface area contributed by atoms with Crippen molar-refractivity contribution < 1.29 is 9.34 Å². The molecule has 17 heavy (non-hydrogen) atoms. The molecule has 84 valence electrons. The Labute approximate surface area is 96.6 Å². The maximum Gasteiger partial charge on any atom is 0.273 e. The van der Waals surface area contributed by atoms with Crippen LogP contribution in [0.25, 0.3) is 21.9 Å². The van der Waals surface area contributed by atoms with Crippen LogP contribution in [0.1, 0.15) is 5.56 Å². The highest BCUT2D eigenvalue weighted by atomic mass is 16.6. The van der Waals surface area contributed by atoms with Crippen LogP contribution in [0.4, 0.5) is 5.69 Å². The predicted octanol–water partition coefficient (Wildman–Crippen LogP) is 3.80. The fraction of sp³-hybridized carbons (Fsp3) is 0.0769. The highest BCUT2D eigenvalue weighted by molar-refractivity contribution is 6.05. The molecule has 0 aliphatic carbocycles. The molecule has 0 bridgehead atoms. The molecule has 3 aromatic rings. The third-order valence-corrected chi connectivity index (χ3v) is 2.82. The smallest absolute Gasteiger partial charge is 0.273 e. The molecule has 0 N–H and O–H groups in total. The average molecular weight is 227 g/mol. The normalized spacial score (nSPS) is 11.1. The summed E-state index contributed by atoms with van der Waals surface area (Å²) < 4.78 is 5.59. The minimum atomic E-state index is -0.419. The second-order valence-electron chi connectivity index (χ2n) is 4.04. The van der Waals surface area contributed by atoms with E-state index >= 15 is 0 Å². The number of rotatable bonds is 1. The summed E-state index contributed by atoms with van der Waals surface area (Å²) in [5, 5.41) is 12.6. The molecule has 4 heteroatoms. The summed E-state index contributed by atoms with van der Waals surface area (Å²) in [6.07, 6.45) is 0. The van der Waals surface area contributed by atoms with Gasteiger partial charge in [-0.2, -0.15) is 0 Å². The lowest BCUT2D eigenvalue weighted by atomic mass is 10.1. The molecule has 0 atom stereocenters. The van der Waals surface area contributed by atoms with Gasteiger partial charge in [-0.05, 0) is 25.1 Å². The van der Waals surface area contributed by atoms with Crippen LogP contribution < -0.4 is 0 Å². The molecule has 0 fully saturated rings. The molecule has 0 amide bonds. The molecule has 0 saturated carbocycles. The maximum atomic E-state index is 10.7. The van der Waals surface area contributed by atoms with Gasteiger partial charge in [0.05, 0.1) is 11.0 Å². The largest absolute Gasteiger partial charge is 0.456 e. The minimum Gasteiger partial charge on any atom is -0.456 e. The second kappa shape index (κ2) is 3.31. The van der Waals surface area contributed by atoms with Gasteiger partial charge in [0, 0.05) is 16.8 Å². The molecule has 0 unspecified atom stereocenters. The van der Waals surface area contributed by atoms with Crippen LogP contribution in [0.15, 0.2) is 40.8 Å². The molecule has 0 radical (unpaired) electrons. The first-order chi connectivity index (χ1) is 8.15. The Morgan fingerprint density at radius 2 is 1.88 bits per heavy atom. The Bertz CT molecular complexity index is 743. The van der Waals surface area contributed by atoms with Crippen LogP contribution in [0, 0.1) is 17.0 Å². The van der Waals surface area contributed by atoms with Crippen LogP contribution in [0.5, 0.6) is 0 Å². The zero-order valence-electron chi connectivity index (χ0n) is 9.14. The van der Waals surface area contributed by atoms with Crippen molar-refractivity contribution in [2.45, 2.75) is 6.92 Å². The third-order valence-electron chi connectivity index (χ3n) is 2.82. The zero-order chi connectivity index (χ0) is 12.0. The molecule has 3 rings (SSSR count). The van der Waals surface area contributed by atoms with Crippen LogP contribution >= 0.6 is 0 Å². The average Bonchev–Trinajstić information content (AvgIpc) is 2.66. The summed E-state index contributed by atoms with van der Waals surface area (Å²) in [7, 11) is 0. The molecular weight excluding hydrogens is 218 g/mol. The number of furan rings is 1. The lowest BCUT2D eigenvalue weighted by Gasteiger charge is -1.92. The number of fused-ring (bicyclic) bond motifs is 3. The summed E-state index contributed by atoms with van der Waals surface area (Å²) in [6, 6.07) is 10.6. The summed E-state index contributed by atoms with van der Waals surface area (Å²) in [6.45, 7) is 2.00. The fourth-order valence-corrected chi connectivity index (χ4v) is 1.99. The number of benzene rings is 2. The Morgan fingerprint density at radius 1 is 1.06 bits per heavy atom. The lowest BCUT2D eigenvalue weighted by molar-refractivity contribution is -0.384. The van der Waals surface area contributed by atoms with Gasteiger partial charge in [-0.1, -0.05) is 11.6 Å². The van der Waals surface area contributed by atoms with Crippen molar-refractivity contribution in [2.75, 3.05) is 0 Å². The number of nitro groups is 1. The van der Waals surface area contributed by atoms with Crippen LogP contribution in [-0.4, -0.2) is 4.92 Å². The van der Waals surface area contributed by atoms with Crippen LogP contribution in [-0.2, 0) is 0 Å². The van der Waals surface area contributed by atoms with E-state index < -0.39 is 4.92 Å². The quantitative estimate of drug-likeness (QED) is 0.469. The third kappa shape index (κ3) is 1.45. The molecule has 1 aromatic heterocycles. The van der Waals surface area contributed by atoms with Gasteiger partial charge in [0.25, 0.3) is 5.69 Å². The number of aryl methyl sites for hydroxylation is 1. The Hall–Kier alpha value is -2.36. The molecule has 2 aromatic carbocycles. The second-order valence-corrected chi connectivity index (χ2v) is 4.04. The van der Waals surface area contributed by atoms with Gasteiger partial charge >= 0.3 is 0 Å². The number of non-ortho nitro benzene ring substituents is 1. The van der Waals surface area contributed by atoms with Gasteiger partial charge in [0.2, 0.25) is 0 Å². The first-order valence-electron chi connectivity index (χ1n) is 5.22. The van der Waals surface area contributed by atoms with Crippen molar-refractivity contribution in [2.24, 2.45) is 0 Å². The van der Waals surface area contributed by atoms with Crippen molar-refractivity contribution in [3.05, 3.63) is 52.1 Å². The van der Waals surface area contributed by atoms with E-state index in [0.717, 1.165) is 21.9 Å². The summed E-state index contributed by atoms with van der Waals surface area (Å²) >= 11 is 0. The van der Waals surface area contributed by atoms with Gasteiger partial charge in [-0.3, -0.25) is 10.1 Å². The van der Waals surface area contributed by atoms with Crippen LogP contribution in [0.2, 0.25) is 0 Å². The fourth-order valence-electron chi connectivity index (χ4n) is 1.99. The molecule has 0 saturated heterocycles. The number of nitrogens with zero attached hydrogens (tertiary/aromatic N) is 1. The van der Waals surface area contributed by atoms with Crippen LogP contribution in [0.3, 0.4) is 0 Å². The van der Waals surface area contributed by atoms with Gasteiger partial charge in [0.15, 0.2) is 0 Å². The number of hydrogen-bond acceptors (Lipinski definition) is 3. The summed E-state index contributed by atoms with van der Waals surface area (Å²) in [5.41, 5.74) is 2.50. The van der Waals surface area contributed by atoms with E-state index in [1.54, 1.807) is 6.07 Å². The highest BCUT2D eigenvalue weighted by Crippen LogP contribution is 2.31. The van der Waals surface area contributed by atoms with E-state index in [1.807, 2.05) is 25.1 Å². The Kier molecular flexibility index (Phi) is 1.92. The standard InChI is InChI=1S/C13H9NO3/c1-8-2-5-12-11(6-8)10-4-3-9(14(15)16)7-13(10)17-12/h2-7H,1H3. The van der Waals surface area contributed by atoms with E-state index in [-0.39, 0.29) is 5.69 Å². The van der Waals surface area contributed by atoms with Crippen molar-refractivity contribution in [3.63, 3.8) is 0 Å². The first-order valence-corrected chi connectivity index (χ1v) is 5.22. The molecule has 0 aliphatic heterocycles. The summed E-state index contributed by atoms with van der Waals surface area (Å²) in [4.78, 5) is 10.3. The zero-order valence-corrected chi connectivity index (χ0v) is 9.14. The Balaban J connectivity index is 2.39. The van der Waals surface area contributed by atoms with Crippen molar-refractivity contribution >= 4 is 27.6 Å². The highest BCUT2D eigenvalue weighted by Gasteiger charge is 2.11. The first kappa shape index (κ1) is 9.84. The molecule has 0 spiro atoms. The van der Waals surface area contributed by atoms with Gasteiger partial charge in [-0.25, -0.2) is 0 Å². The Morgan fingerprint density at radius 3 is 2.65 bits per heavy atom. The van der Waals surface area contributed by atoms with Gasteiger partial charge in [-0.15, -0.1) is 0 Å². The van der Waals surface area contributed by atoms with E-state index in [2.05, 4.69) is 0 Å². The SMILES string of the molecule is Cc1ccc2oc3cc([N+](=O)[O-])ccc3c2c1. The maximum absolute atomic E-state index is 10.7. The molecular formula is C13H9NO3. The van der Waals surface area contributed by atoms with E-state index in [9.17, 15) is 10.1 Å². The van der Waals surface area contributed by atoms with E-state index in [1.165, 1.54) is 12.1 Å². The van der Waals surface area contributed by atoms with Gasteiger partial charge in [0.1, 0.15) is 11.2 Å². The van der Waals surface area contributed by atoms with Crippen molar-refractivity contribution in [1.82, 2.24) is 0 Å². The molecule has 4 nitrogen and oxygen atoms in total. The van der Waals surface area contributed by atoms with Crippen molar-refractivity contribution in [3.8, 4) is 0 Å². The van der Waals surface area contributed by atoms with E-state index in [0.29, 0.717) is 5.58 Å². The lowest BCUT2D eigenvalue weighted by Crippen LogP contribution is -1.85. The monoisotopic (exact) mass is 227 g/mol. The molecule has 0 aliphatic rings. The number of hydrogen-bond donors (Lipinski definition) is 0. The van der Waals surface area contributed by atoms with Crippen molar-refractivity contribution in [1.29, 1.82) is 0 Å². The molecule has 1 heterocycles.